The highest BCUT2D eigenvalue weighted by molar-refractivity contribution is 7.80. The van der Waals surface area contributed by atoms with Gasteiger partial charge in [-0.25, -0.2) is 0 Å². The molecule has 2 heterocycles. The summed E-state index contributed by atoms with van der Waals surface area (Å²) in [6.45, 7) is 8.55. The van der Waals surface area contributed by atoms with E-state index < -0.39 is 0 Å². The van der Waals surface area contributed by atoms with Crippen LogP contribution >= 0.6 is 12.2 Å². The Morgan fingerprint density at radius 2 is 1.90 bits per heavy atom. The number of aromatic nitrogens is 2. The number of anilines is 1. The number of nitrogens with two attached hydrogens (primary N) is 1. The van der Waals surface area contributed by atoms with Gasteiger partial charge < -0.3 is 10.6 Å². The molecule has 0 spiro atoms. The zero-order valence-corrected chi connectivity index (χ0v) is 13.5. The van der Waals surface area contributed by atoms with Gasteiger partial charge in [0.05, 0.1) is 11.3 Å². The highest BCUT2D eigenvalue weighted by Crippen LogP contribution is 2.27. The molecule has 0 bridgehead atoms. The fourth-order valence-corrected chi connectivity index (χ4v) is 3.08. The Balaban J connectivity index is 2.44. The van der Waals surface area contributed by atoms with Gasteiger partial charge in [0.2, 0.25) is 0 Å². The van der Waals surface area contributed by atoms with Crippen molar-refractivity contribution in [2.24, 2.45) is 11.7 Å². The third-order valence-corrected chi connectivity index (χ3v) is 4.36. The molecule has 2 rings (SSSR count). The maximum atomic E-state index is 5.99. The molecule has 4 nitrogen and oxygen atoms in total. The van der Waals surface area contributed by atoms with E-state index >= 15 is 0 Å². The lowest BCUT2D eigenvalue weighted by Gasteiger charge is -2.32. The number of nitrogens with zero attached hydrogens (tertiary/aromatic N) is 3. The predicted octanol–water partition coefficient (Wildman–Crippen LogP) is 2.47. The van der Waals surface area contributed by atoms with Crippen LogP contribution in [0.3, 0.4) is 0 Å². The fraction of sp³-hybridized carbons (Fsp3) is 0.667. The monoisotopic (exact) mass is 292 g/mol. The first kappa shape index (κ1) is 15.2. The summed E-state index contributed by atoms with van der Waals surface area (Å²) in [6.07, 6.45) is 4.14. The molecule has 0 unspecified atom stereocenters. The highest BCUT2D eigenvalue weighted by atomic mass is 32.1. The molecular formula is C15H24N4S. The Kier molecular flexibility index (Phi) is 4.91. The molecule has 1 aromatic heterocycles. The van der Waals surface area contributed by atoms with E-state index in [0.717, 1.165) is 48.9 Å². The topological polar surface area (TPSA) is 55.0 Å². The average Bonchev–Trinajstić information content (AvgIpc) is 2.46. The van der Waals surface area contributed by atoms with Crippen LogP contribution < -0.4 is 10.6 Å². The van der Waals surface area contributed by atoms with Gasteiger partial charge in [-0.2, -0.15) is 5.10 Å². The van der Waals surface area contributed by atoms with Crippen LogP contribution in [0.5, 0.6) is 0 Å². The van der Waals surface area contributed by atoms with Crippen LogP contribution in [0.25, 0.3) is 0 Å². The van der Waals surface area contributed by atoms with Crippen LogP contribution in [0.2, 0.25) is 0 Å². The molecule has 0 atom stereocenters. The van der Waals surface area contributed by atoms with E-state index in [1.165, 1.54) is 18.4 Å². The van der Waals surface area contributed by atoms with Crippen LogP contribution in [0, 0.1) is 5.92 Å². The highest BCUT2D eigenvalue weighted by Gasteiger charge is 2.24. The SMILES string of the molecule is CCc1nnc(N2CCC(C)CC2)c(C(N)=S)c1CC. The number of aryl methyl sites for hydroxylation is 1. The minimum atomic E-state index is 0.445. The largest absolute Gasteiger partial charge is 0.389 e. The Hall–Kier alpha value is -1.23. The molecular weight excluding hydrogens is 268 g/mol. The van der Waals surface area contributed by atoms with Crippen molar-refractivity contribution in [2.75, 3.05) is 18.0 Å². The van der Waals surface area contributed by atoms with Crippen molar-refractivity contribution in [3.63, 3.8) is 0 Å². The van der Waals surface area contributed by atoms with Crippen molar-refractivity contribution in [3.8, 4) is 0 Å². The van der Waals surface area contributed by atoms with Gasteiger partial charge in [-0.05, 0) is 37.2 Å². The summed E-state index contributed by atoms with van der Waals surface area (Å²) in [4.78, 5) is 2.74. The van der Waals surface area contributed by atoms with Crippen molar-refractivity contribution in [2.45, 2.75) is 46.5 Å². The molecule has 0 aromatic carbocycles. The Bertz CT molecular complexity index is 493. The standard InChI is InChI=1S/C15H24N4S/c1-4-11-12(5-2)17-18-15(13(11)14(16)20)19-8-6-10(3)7-9-19/h10H,4-9H2,1-3H3,(H2,16,20). The van der Waals surface area contributed by atoms with Gasteiger partial charge in [-0.1, -0.05) is 33.0 Å². The van der Waals surface area contributed by atoms with Crippen LogP contribution in [-0.4, -0.2) is 28.3 Å². The lowest BCUT2D eigenvalue weighted by molar-refractivity contribution is 0.435. The predicted molar refractivity (Wildman–Crippen MR) is 87.3 cm³/mol. The van der Waals surface area contributed by atoms with Gasteiger partial charge in [0.15, 0.2) is 5.82 Å². The van der Waals surface area contributed by atoms with Gasteiger partial charge in [0, 0.05) is 13.1 Å². The van der Waals surface area contributed by atoms with Crippen molar-refractivity contribution in [3.05, 3.63) is 16.8 Å². The second-order valence-corrected chi connectivity index (χ2v) is 6.00. The maximum absolute atomic E-state index is 5.99. The van der Waals surface area contributed by atoms with Crippen molar-refractivity contribution in [1.82, 2.24) is 10.2 Å². The molecule has 0 amide bonds. The quantitative estimate of drug-likeness (QED) is 0.864. The summed E-state index contributed by atoms with van der Waals surface area (Å²) >= 11 is 5.29. The lowest BCUT2D eigenvalue weighted by atomic mass is 9.97. The number of rotatable bonds is 4. The van der Waals surface area contributed by atoms with E-state index in [9.17, 15) is 0 Å². The smallest absolute Gasteiger partial charge is 0.161 e. The molecule has 2 N–H and O–H groups in total. The zero-order valence-electron chi connectivity index (χ0n) is 12.6. The lowest BCUT2D eigenvalue weighted by Crippen LogP contribution is -2.36. The third-order valence-electron chi connectivity index (χ3n) is 4.16. The number of hydrogen-bond acceptors (Lipinski definition) is 4. The molecule has 110 valence electrons. The summed E-state index contributed by atoms with van der Waals surface area (Å²) in [5.41, 5.74) is 9.12. The summed E-state index contributed by atoms with van der Waals surface area (Å²) in [5, 5.41) is 8.83. The summed E-state index contributed by atoms with van der Waals surface area (Å²) in [5.74, 6) is 1.67. The molecule has 0 radical (unpaired) electrons. The van der Waals surface area contributed by atoms with Gasteiger partial charge in [-0.15, -0.1) is 5.10 Å². The van der Waals surface area contributed by atoms with Crippen molar-refractivity contribution >= 4 is 23.0 Å². The van der Waals surface area contributed by atoms with Crippen LogP contribution in [0.15, 0.2) is 0 Å². The van der Waals surface area contributed by atoms with Crippen LogP contribution in [0.4, 0.5) is 5.82 Å². The van der Waals surface area contributed by atoms with E-state index in [1.54, 1.807) is 0 Å². The van der Waals surface area contributed by atoms with Crippen molar-refractivity contribution < 1.29 is 0 Å². The van der Waals surface area contributed by atoms with E-state index in [1.807, 2.05) is 0 Å². The van der Waals surface area contributed by atoms with Gasteiger partial charge in [0.1, 0.15) is 4.99 Å². The minimum Gasteiger partial charge on any atom is -0.389 e. The first-order valence-electron chi connectivity index (χ1n) is 7.51. The minimum absolute atomic E-state index is 0.445. The van der Waals surface area contributed by atoms with Crippen molar-refractivity contribution in [1.29, 1.82) is 0 Å². The maximum Gasteiger partial charge on any atom is 0.161 e. The van der Waals surface area contributed by atoms with E-state index in [-0.39, 0.29) is 0 Å². The number of thiocarbonyl (C=S) groups is 1. The number of piperidine rings is 1. The average molecular weight is 292 g/mol. The molecule has 1 aliphatic heterocycles. The van der Waals surface area contributed by atoms with E-state index in [0.29, 0.717) is 4.99 Å². The Morgan fingerprint density at radius 1 is 1.25 bits per heavy atom. The van der Waals surface area contributed by atoms with Gasteiger partial charge in [0.25, 0.3) is 0 Å². The van der Waals surface area contributed by atoms with Gasteiger partial charge >= 0.3 is 0 Å². The zero-order chi connectivity index (χ0) is 14.7. The molecule has 20 heavy (non-hydrogen) atoms. The molecule has 1 aromatic rings. The second-order valence-electron chi connectivity index (χ2n) is 5.56. The Labute approximate surface area is 126 Å². The molecule has 5 heteroatoms. The molecule has 1 fully saturated rings. The second kappa shape index (κ2) is 6.48. The summed E-state index contributed by atoms with van der Waals surface area (Å²) < 4.78 is 0. The normalized spacial score (nSPS) is 16.4. The Morgan fingerprint density at radius 3 is 2.40 bits per heavy atom. The summed E-state index contributed by atoms with van der Waals surface area (Å²) in [6, 6.07) is 0. The molecule has 1 aliphatic rings. The number of hydrogen-bond donors (Lipinski definition) is 1. The first-order chi connectivity index (χ1) is 9.58. The van der Waals surface area contributed by atoms with E-state index in [4.69, 9.17) is 18.0 Å². The van der Waals surface area contributed by atoms with Crippen LogP contribution in [0.1, 0.15) is 50.4 Å². The van der Waals surface area contributed by atoms with Crippen LogP contribution in [-0.2, 0) is 12.8 Å². The van der Waals surface area contributed by atoms with Gasteiger partial charge in [-0.3, -0.25) is 0 Å². The molecule has 0 aliphatic carbocycles. The summed E-state index contributed by atoms with van der Waals surface area (Å²) in [7, 11) is 0. The molecule has 0 saturated carbocycles. The van der Waals surface area contributed by atoms with E-state index in [2.05, 4.69) is 35.9 Å². The first-order valence-corrected chi connectivity index (χ1v) is 7.92. The third kappa shape index (κ3) is 2.92. The molecule has 1 saturated heterocycles. The fourth-order valence-electron chi connectivity index (χ4n) is 2.86.